The number of hydrogen-bond acceptors (Lipinski definition) is 7. The summed E-state index contributed by atoms with van der Waals surface area (Å²) < 4.78 is 16.0. The van der Waals surface area contributed by atoms with Gasteiger partial charge >= 0.3 is 18.0 Å². The number of aromatic nitrogens is 1. The fourth-order valence-corrected chi connectivity index (χ4v) is 3.51. The van der Waals surface area contributed by atoms with Crippen molar-refractivity contribution in [1.82, 2.24) is 10.3 Å². The molecule has 2 amide bonds. The van der Waals surface area contributed by atoms with Gasteiger partial charge in [-0.15, -0.1) is 0 Å². The van der Waals surface area contributed by atoms with Crippen molar-refractivity contribution < 1.29 is 33.4 Å². The van der Waals surface area contributed by atoms with Crippen LogP contribution < -0.4 is 10.6 Å². The average molecular weight is 538 g/mol. The molecule has 10 nitrogen and oxygen atoms in total. The third-order valence-electron chi connectivity index (χ3n) is 5.13. The van der Waals surface area contributed by atoms with E-state index in [1.54, 1.807) is 65.8 Å². The van der Waals surface area contributed by atoms with Gasteiger partial charge in [0.25, 0.3) is 0 Å². The van der Waals surface area contributed by atoms with Gasteiger partial charge in [0, 0.05) is 16.6 Å². The average Bonchev–Trinajstić information content (AvgIpc) is 3.24. The molecule has 0 aliphatic rings. The molecule has 0 fully saturated rings. The molecule has 0 saturated heterocycles. The zero-order valence-corrected chi connectivity index (χ0v) is 23.0. The van der Waals surface area contributed by atoms with E-state index in [0.717, 1.165) is 5.56 Å². The van der Waals surface area contributed by atoms with Crippen molar-refractivity contribution in [2.75, 3.05) is 5.32 Å². The predicted octanol–water partition coefficient (Wildman–Crippen LogP) is 5.09. The minimum atomic E-state index is -1.26. The first kappa shape index (κ1) is 29.2. The monoisotopic (exact) mass is 537 g/mol. The lowest BCUT2D eigenvalue weighted by molar-refractivity contribution is -0.146. The van der Waals surface area contributed by atoms with Crippen LogP contribution in [0.4, 0.5) is 10.5 Å². The summed E-state index contributed by atoms with van der Waals surface area (Å²) in [5.74, 6) is -1.81. The van der Waals surface area contributed by atoms with Crippen LogP contribution in [0.25, 0.3) is 10.9 Å². The summed E-state index contributed by atoms with van der Waals surface area (Å²) in [7, 11) is 0. The molecule has 1 atom stereocenters. The molecule has 0 unspecified atom stereocenters. The van der Waals surface area contributed by atoms with Gasteiger partial charge in [0.2, 0.25) is 5.91 Å². The molecule has 3 aromatic rings. The minimum absolute atomic E-state index is 0.0323. The van der Waals surface area contributed by atoms with Crippen molar-refractivity contribution in [3.63, 3.8) is 0 Å². The number of nitrogens with one attached hydrogen (secondary N) is 3. The van der Waals surface area contributed by atoms with Crippen molar-refractivity contribution in [1.29, 1.82) is 0 Å². The van der Waals surface area contributed by atoms with Gasteiger partial charge in [-0.2, -0.15) is 0 Å². The molecule has 10 heteroatoms. The van der Waals surface area contributed by atoms with E-state index in [1.807, 2.05) is 30.3 Å². The Morgan fingerprint density at radius 2 is 1.54 bits per heavy atom. The van der Waals surface area contributed by atoms with Gasteiger partial charge in [-0.1, -0.05) is 30.3 Å². The smallest absolute Gasteiger partial charge is 0.408 e. The Labute approximate surface area is 227 Å². The maximum Gasteiger partial charge on any atom is 0.408 e. The Bertz CT molecular complexity index is 1330. The number of esters is 2. The number of aromatic amines is 1. The predicted molar refractivity (Wildman–Crippen MR) is 146 cm³/mol. The molecule has 0 radical (unpaired) electrons. The highest BCUT2D eigenvalue weighted by Gasteiger charge is 2.28. The van der Waals surface area contributed by atoms with Crippen LogP contribution in [-0.4, -0.2) is 46.2 Å². The Morgan fingerprint density at radius 3 is 2.18 bits per heavy atom. The van der Waals surface area contributed by atoms with Gasteiger partial charge < -0.3 is 29.8 Å². The molecule has 2 aromatic carbocycles. The summed E-state index contributed by atoms with van der Waals surface area (Å²) in [4.78, 5) is 53.5. The third kappa shape index (κ3) is 9.48. The number of ether oxygens (including phenoxy) is 3. The summed E-state index contributed by atoms with van der Waals surface area (Å²) in [6, 6.07) is 14.5. The second-order valence-corrected chi connectivity index (χ2v) is 11.0. The molecule has 3 rings (SSSR count). The maximum absolute atomic E-state index is 13.2. The lowest BCUT2D eigenvalue weighted by Crippen LogP contribution is -2.47. The van der Waals surface area contributed by atoms with Crippen LogP contribution in [0.3, 0.4) is 0 Å². The highest BCUT2D eigenvalue weighted by atomic mass is 16.6. The molecule has 1 heterocycles. The fourth-order valence-electron chi connectivity index (χ4n) is 3.51. The fraction of sp³-hybridized carbons (Fsp3) is 0.379. The zero-order chi connectivity index (χ0) is 28.8. The summed E-state index contributed by atoms with van der Waals surface area (Å²) in [6.07, 6.45) is -1.26. The number of H-pyrrole nitrogens is 1. The van der Waals surface area contributed by atoms with Crippen LogP contribution in [0.15, 0.2) is 54.6 Å². The first-order chi connectivity index (χ1) is 18.2. The Kier molecular flexibility index (Phi) is 9.00. The molecule has 0 aliphatic heterocycles. The quantitative estimate of drug-likeness (QED) is 0.269. The van der Waals surface area contributed by atoms with Gasteiger partial charge in [-0.3, -0.25) is 9.59 Å². The van der Waals surface area contributed by atoms with Gasteiger partial charge in [-0.25, -0.2) is 9.59 Å². The Balaban J connectivity index is 1.72. The standard InChI is InChI=1S/C29H35N3O7/c1-28(2,3)38-26(35)23-15-19-14-20(12-13-21(19)31-23)30-25(34)22(32-27(36)39-29(4,5)6)16-24(33)37-17-18-10-8-7-9-11-18/h7-15,22,31H,16-17H2,1-6H3,(H,30,34)(H,32,36)/t22-/m0/s1. The van der Waals surface area contributed by atoms with Crippen molar-refractivity contribution >= 4 is 40.5 Å². The molecule has 0 bridgehead atoms. The summed E-state index contributed by atoms with van der Waals surface area (Å²) >= 11 is 0. The number of benzene rings is 2. The van der Waals surface area contributed by atoms with Crippen LogP contribution in [0.2, 0.25) is 0 Å². The molecule has 1 aromatic heterocycles. The normalized spacial score (nSPS) is 12.4. The van der Waals surface area contributed by atoms with E-state index in [1.165, 1.54) is 0 Å². The Morgan fingerprint density at radius 1 is 0.872 bits per heavy atom. The van der Waals surface area contributed by atoms with Crippen molar-refractivity contribution in [3.05, 3.63) is 65.9 Å². The first-order valence-electron chi connectivity index (χ1n) is 12.5. The number of anilines is 1. The molecule has 39 heavy (non-hydrogen) atoms. The largest absolute Gasteiger partial charge is 0.461 e. The van der Waals surface area contributed by atoms with Gasteiger partial charge in [0.15, 0.2) is 0 Å². The number of fused-ring (bicyclic) bond motifs is 1. The highest BCUT2D eigenvalue weighted by Crippen LogP contribution is 2.22. The van der Waals surface area contributed by atoms with Gasteiger partial charge in [0.1, 0.15) is 29.5 Å². The van der Waals surface area contributed by atoms with E-state index in [-0.39, 0.29) is 12.3 Å². The first-order valence-corrected chi connectivity index (χ1v) is 12.5. The van der Waals surface area contributed by atoms with Gasteiger partial charge in [-0.05, 0) is 71.4 Å². The molecule has 0 saturated carbocycles. The number of carbonyl (C=O) groups is 4. The Hall–Kier alpha value is -4.34. The maximum atomic E-state index is 13.2. The SMILES string of the molecule is CC(C)(C)OC(=O)N[C@@H](CC(=O)OCc1ccccc1)C(=O)Nc1ccc2[nH]c(C(=O)OC(C)(C)C)cc2c1. The van der Waals surface area contributed by atoms with E-state index in [0.29, 0.717) is 16.6 Å². The van der Waals surface area contributed by atoms with Crippen LogP contribution in [0.1, 0.15) is 64.0 Å². The van der Waals surface area contributed by atoms with Crippen LogP contribution in [-0.2, 0) is 30.4 Å². The molecule has 208 valence electrons. The van der Waals surface area contributed by atoms with Crippen LogP contribution >= 0.6 is 0 Å². The molecule has 3 N–H and O–H groups in total. The highest BCUT2D eigenvalue weighted by molar-refractivity contribution is 6.01. The molecule has 0 aliphatic carbocycles. The lowest BCUT2D eigenvalue weighted by atomic mass is 10.1. The van der Waals surface area contributed by atoms with Crippen molar-refractivity contribution in [2.45, 2.75) is 71.8 Å². The van der Waals surface area contributed by atoms with E-state index >= 15 is 0 Å². The second kappa shape index (κ2) is 12.0. The number of hydrogen-bond donors (Lipinski definition) is 3. The van der Waals surface area contributed by atoms with Crippen molar-refractivity contribution in [2.24, 2.45) is 0 Å². The number of carbonyl (C=O) groups excluding carboxylic acids is 4. The third-order valence-corrected chi connectivity index (χ3v) is 5.13. The van der Waals surface area contributed by atoms with E-state index in [9.17, 15) is 19.2 Å². The van der Waals surface area contributed by atoms with E-state index in [4.69, 9.17) is 14.2 Å². The van der Waals surface area contributed by atoms with E-state index in [2.05, 4.69) is 15.6 Å². The number of alkyl carbamates (subject to hydrolysis) is 1. The van der Waals surface area contributed by atoms with Crippen LogP contribution in [0, 0.1) is 0 Å². The number of rotatable bonds is 8. The molecular weight excluding hydrogens is 502 g/mol. The number of amides is 2. The summed E-state index contributed by atoms with van der Waals surface area (Å²) in [5, 5.41) is 5.83. The summed E-state index contributed by atoms with van der Waals surface area (Å²) in [6.45, 7) is 10.4. The molecule has 0 spiro atoms. The summed E-state index contributed by atoms with van der Waals surface area (Å²) in [5.41, 5.74) is 0.680. The van der Waals surface area contributed by atoms with E-state index < -0.39 is 47.6 Å². The lowest BCUT2D eigenvalue weighted by Gasteiger charge is -2.23. The topological polar surface area (TPSA) is 136 Å². The van der Waals surface area contributed by atoms with Crippen LogP contribution in [0.5, 0.6) is 0 Å². The zero-order valence-electron chi connectivity index (χ0n) is 23.0. The van der Waals surface area contributed by atoms with Crippen molar-refractivity contribution in [3.8, 4) is 0 Å². The molecular formula is C29H35N3O7. The minimum Gasteiger partial charge on any atom is -0.461 e. The second-order valence-electron chi connectivity index (χ2n) is 11.0. The van der Waals surface area contributed by atoms with Gasteiger partial charge in [0.05, 0.1) is 6.42 Å².